The van der Waals surface area contributed by atoms with Gasteiger partial charge in [0.2, 0.25) is 0 Å². The molecule has 20 heavy (non-hydrogen) atoms. The van der Waals surface area contributed by atoms with E-state index in [1.807, 2.05) is 13.8 Å². The van der Waals surface area contributed by atoms with Gasteiger partial charge in [0.15, 0.2) is 0 Å². The van der Waals surface area contributed by atoms with Crippen LogP contribution in [0.3, 0.4) is 0 Å². The van der Waals surface area contributed by atoms with Gasteiger partial charge in [-0.1, -0.05) is 12.1 Å². The molecule has 0 saturated heterocycles. The minimum atomic E-state index is -4.29. The summed E-state index contributed by atoms with van der Waals surface area (Å²) in [6.07, 6.45) is -5.33. The molecular weight excluding hydrogens is 269 g/mol. The van der Waals surface area contributed by atoms with E-state index in [1.165, 1.54) is 6.92 Å². The monoisotopic (exact) mass is 288 g/mol. The van der Waals surface area contributed by atoms with Crippen LogP contribution in [0, 0.1) is 0 Å². The summed E-state index contributed by atoms with van der Waals surface area (Å²) in [5, 5.41) is 5.46. The molecule has 0 saturated carbocycles. The molecule has 0 aliphatic carbocycles. The predicted molar refractivity (Wildman–Crippen MR) is 72.8 cm³/mol. The molecule has 1 aromatic rings. The van der Waals surface area contributed by atoms with Crippen LogP contribution in [0.1, 0.15) is 37.6 Å². The molecule has 3 nitrogen and oxygen atoms in total. The zero-order valence-electron chi connectivity index (χ0n) is 11.7. The Balaban J connectivity index is 2.77. The fourth-order valence-electron chi connectivity index (χ4n) is 1.82. The summed E-state index contributed by atoms with van der Waals surface area (Å²) in [4.78, 5) is 12.0. The van der Waals surface area contributed by atoms with E-state index in [-0.39, 0.29) is 6.04 Å². The number of hydrogen-bond acceptors (Lipinski definition) is 2. The maximum atomic E-state index is 12.2. The molecule has 6 heteroatoms. The van der Waals surface area contributed by atoms with Gasteiger partial charge in [0.25, 0.3) is 5.91 Å². The van der Waals surface area contributed by atoms with E-state index in [4.69, 9.17) is 0 Å². The van der Waals surface area contributed by atoms with Crippen molar-refractivity contribution in [2.75, 3.05) is 5.32 Å². The van der Waals surface area contributed by atoms with Crippen molar-refractivity contribution in [3.63, 3.8) is 0 Å². The van der Waals surface area contributed by atoms with Crippen molar-refractivity contribution in [2.24, 2.45) is 0 Å². The highest BCUT2D eigenvalue weighted by Crippen LogP contribution is 2.22. The smallest absolute Gasteiger partial charge is 0.382 e. The maximum absolute atomic E-state index is 12.2. The van der Waals surface area contributed by atoms with Gasteiger partial charge in [-0.3, -0.25) is 4.79 Å². The minimum absolute atomic E-state index is 0.122. The summed E-state index contributed by atoms with van der Waals surface area (Å²) in [6, 6.07) is 5.91. The van der Waals surface area contributed by atoms with Crippen LogP contribution in [0.5, 0.6) is 0 Å². The largest absolute Gasteiger partial charge is 0.391 e. The van der Waals surface area contributed by atoms with Gasteiger partial charge in [-0.2, -0.15) is 13.2 Å². The van der Waals surface area contributed by atoms with Gasteiger partial charge in [-0.05, 0) is 32.9 Å². The fourth-order valence-corrected chi connectivity index (χ4v) is 1.82. The van der Waals surface area contributed by atoms with E-state index in [0.717, 1.165) is 0 Å². The molecule has 1 amide bonds. The van der Waals surface area contributed by atoms with Gasteiger partial charge in [0, 0.05) is 17.8 Å². The Hall–Kier alpha value is -1.72. The average Bonchev–Trinajstić information content (AvgIpc) is 2.25. The minimum Gasteiger partial charge on any atom is -0.382 e. The summed E-state index contributed by atoms with van der Waals surface area (Å²) in [6.45, 7) is 5.17. The van der Waals surface area contributed by atoms with Gasteiger partial charge in [0.05, 0.1) is 12.0 Å². The average molecular weight is 288 g/mol. The zero-order valence-corrected chi connectivity index (χ0v) is 11.7. The van der Waals surface area contributed by atoms with E-state index in [2.05, 4.69) is 10.6 Å². The second-order valence-corrected chi connectivity index (χ2v) is 5.04. The van der Waals surface area contributed by atoms with Crippen LogP contribution in [0.4, 0.5) is 18.9 Å². The van der Waals surface area contributed by atoms with Gasteiger partial charge < -0.3 is 10.6 Å². The molecule has 0 aliphatic rings. The number of halogens is 3. The number of alkyl halides is 3. The molecule has 0 heterocycles. The molecule has 1 atom stereocenters. The van der Waals surface area contributed by atoms with Gasteiger partial charge in [-0.25, -0.2) is 0 Å². The van der Waals surface area contributed by atoms with E-state index >= 15 is 0 Å². The normalized spacial score (nSPS) is 13.2. The molecule has 1 rings (SSSR count). The van der Waals surface area contributed by atoms with Crippen molar-refractivity contribution in [1.29, 1.82) is 0 Å². The number of para-hydroxylation sites is 1. The van der Waals surface area contributed by atoms with Crippen LogP contribution in [-0.4, -0.2) is 24.2 Å². The summed E-state index contributed by atoms with van der Waals surface area (Å²) in [5.74, 6) is -0.509. The second kappa shape index (κ2) is 6.63. The molecule has 0 aromatic heterocycles. The first-order valence-electron chi connectivity index (χ1n) is 6.42. The van der Waals surface area contributed by atoms with Crippen LogP contribution < -0.4 is 10.6 Å². The molecule has 0 aliphatic heterocycles. The maximum Gasteiger partial charge on any atom is 0.391 e. The van der Waals surface area contributed by atoms with E-state index in [1.54, 1.807) is 24.3 Å². The number of anilines is 1. The van der Waals surface area contributed by atoms with Crippen molar-refractivity contribution < 1.29 is 18.0 Å². The number of hydrogen-bond donors (Lipinski definition) is 2. The van der Waals surface area contributed by atoms with Crippen molar-refractivity contribution in [1.82, 2.24) is 5.32 Å². The Kier molecular flexibility index (Phi) is 5.42. The first-order chi connectivity index (χ1) is 9.19. The van der Waals surface area contributed by atoms with Crippen molar-refractivity contribution in [2.45, 2.75) is 45.5 Å². The fraction of sp³-hybridized carbons (Fsp3) is 0.500. The first-order valence-corrected chi connectivity index (χ1v) is 6.42. The lowest BCUT2D eigenvalue weighted by Crippen LogP contribution is -2.36. The summed E-state index contributed by atoms with van der Waals surface area (Å²) in [7, 11) is 0. The van der Waals surface area contributed by atoms with E-state index in [0.29, 0.717) is 11.3 Å². The van der Waals surface area contributed by atoms with E-state index < -0.39 is 24.5 Å². The Morgan fingerprint density at radius 1 is 1.20 bits per heavy atom. The zero-order chi connectivity index (χ0) is 15.3. The number of carbonyl (C=O) groups is 1. The van der Waals surface area contributed by atoms with Gasteiger partial charge >= 0.3 is 6.18 Å². The Morgan fingerprint density at radius 2 is 1.80 bits per heavy atom. The van der Waals surface area contributed by atoms with Gasteiger partial charge in [0.1, 0.15) is 0 Å². The highest BCUT2D eigenvalue weighted by Gasteiger charge is 2.30. The van der Waals surface area contributed by atoms with Crippen LogP contribution >= 0.6 is 0 Å². The molecule has 112 valence electrons. The molecule has 0 bridgehead atoms. The first kappa shape index (κ1) is 16.3. The number of rotatable bonds is 5. The van der Waals surface area contributed by atoms with E-state index in [9.17, 15) is 18.0 Å². The molecule has 0 fully saturated rings. The molecule has 1 aromatic carbocycles. The number of nitrogens with one attached hydrogen (secondary N) is 2. The number of amides is 1. The van der Waals surface area contributed by atoms with Crippen LogP contribution in [-0.2, 0) is 0 Å². The lowest BCUT2D eigenvalue weighted by atomic mass is 10.1. The Labute approximate surface area is 116 Å². The molecule has 0 radical (unpaired) electrons. The summed E-state index contributed by atoms with van der Waals surface area (Å²) >= 11 is 0. The standard InChI is InChI=1S/C14H19F3N2O/c1-9(2)18-12-7-5-4-6-11(12)13(20)19-10(3)8-14(15,16)17/h4-7,9-10,18H,8H2,1-3H3,(H,19,20). The molecule has 1 unspecified atom stereocenters. The van der Waals surface area contributed by atoms with Crippen molar-refractivity contribution >= 4 is 11.6 Å². The highest BCUT2D eigenvalue weighted by atomic mass is 19.4. The molecule has 2 N–H and O–H groups in total. The number of benzene rings is 1. The third-order valence-corrected chi connectivity index (χ3v) is 2.53. The second-order valence-electron chi connectivity index (χ2n) is 5.04. The molecule has 0 spiro atoms. The lowest BCUT2D eigenvalue weighted by molar-refractivity contribution is -0.138. The third kappa shape index (κ3) is 5.50. The van der Waals surface area contributed by atoms with Crippen molar-refractivity contribution in [3.8, 4) is 0 Å². The third-order valence-electron chi connectivity index (χ3n) is 2.53. The number of carbonyl (C=O) groups excluding carboxylic acids is 1. The quantitative estimate of drug-likeness (QED) is 0.869. The Bertz CT molecular complexity index is 458. The lowest BCUT2D eigenvalue weighted by Gasteiger charge is -2.18. The summed E-state index contributed by atoms with van der Waals surface area (Å²) in [5.41, 5.74) is 0.953. The van der Waals surface area contributed by atoms with Crippen molar-refractivity contribution in [3.05, 3.63) is 29.8 Å². The van der Waals surface area contributed by atoms with Crippen LogP contribution in [0.25, 0.3) is 0 Å². The van der Waals surface area contributed by atoms with Gasteiger partial charge in [-0.15, -0.1) is 0 Å². The molecular formula is C14H19F3N2O. The Morgan fingerprint density at radius 3 is 2.35 bits per heavy atom. The summed E-state index contributed by atoms with van der Waals surface area (Å²) < 4.78 is 36.7. The van der Waals surface area contributed by atoms with Crippen LogP contribution in [0.2, 0.25) is 0 Å². The topological polar surface area (TPSA) is 41.1 Å². The predicted octanol–water partition coefficient (Wildman–Crippen LogP) is 3.58. The highest BCUT2D eigenvalue weighted by molar-refractivity contribution is 5.99. The SMILES string of the molecule is CC(C)Nc1ccccc1C(=O)NC(C)CC(F)(F)F. The van der Waals surface area contributed by atoms with Crippen LogP contribution in [0.15, 0.2) is 24.3 Å².